The van der Waals surface area contributed by atoms with Crippen molar-refractivity contribution in [1.29, 1.82) is 0 Å². The second kappa shape index (κ2) is 3.08. The van der Waals surface area contributed by atoms with Crippen LogP contribution in [0.1, 0.15) is 0 Å². The van der Waals surface area contributed by atoms with Crippen LogP contribution in [0.5, 0.6) is 0 Å². The fourth-order valence-corrected chi connectivity index (χ4v) is 0.589. The topological polar surface area (TPSA) is 35.5 Å². The van der Waals surface area contributed by atoms with E-state index in [0.29, 0.717) is 6.47 Å². The van der Waals surface area contributed by atoms with Crippen molar-refractivity contribution in [3.05, 3.63) is 23.7 Å². The Balaban J connectivity index is 3.03. The first-order valence-corrected chi connectivity index (χ1v) is 2.85. The molecule has 1 aliphatic heterocycles. The maximum Gasteiger partial charge on any atom is 0.470 e. The van der Waals surface area contributed by atoms with Crippen molar-refractivity contribution < 1.29 is 31.8 Å². The Morgan fingerprint density at radius 1 is 1.46 bits per heavy atom. The van der Waals surface area contributed by atoms with E-state index in [1.54, 1.807) is 0 Å². The first kappa shape index (κ1) is 9.56. The SMILES string of the molecule is O=[C]OC1(F)OC=C(F)C(F)=C1F. The lowest BCUT2D eigenvalue weighted by Gasteiger charge is -2.21. The molecule has 0 N–H and O–H groups in total. The molecule has 1 radical (unpaired) electrons. The molecule has 1 atom stereocenters. The molecule has 0 aromatic heterocycles. The second-order valence-corrected chi connectivity index (χ2v) is 1.93. The van der Waals surface area contributed by atoms with Crippen LogP contribution in [0, 0.1) is 0 Å². The van der Waals surface area contributed by atoms with Crippen LogP contribution in [0.3, 0.4) is 0 Å². The monoisotopic (exact) mass is 197 g/mol. The first-order valence-electron chi connectivity index (χ1n) is 2.85. The van der Waals surface area contributed by atoms with Crippen molar-refractivity contribution in [2.75, 3.05) is 0 Å². The zero-order chi connectivity index (χ0) is 10.1. The van der Waals surface area contributed by atoms with E-state index in [2.05, 4.69) is 9.47 Å². The van der Waals surface area contributed by atoms with Gasteiger partial charge in [0, 0.05) is 0 Å². The number of allylic oxidation sites excluding steroid dienone is 2. The van der Waals surface area contributed by atoms with Gasteiger partial charge in [0.25, 0.3) is 5.83 Å². The summed E-state index contributed by atoms with van der Waals surface area (Å²) in [5.41, 5.74) is 0. The average molecular weight is 197 g/mol. The Labute approximate surface area is 69.2 Å². The van der Waals surface area contributed by atoms with Gasteiger partial charge in [0.2, 0.25) is 5.83 Å². The summed E-state index contributed by atoms with van der Waals surface area (Å²) < 4.78 is 56.7. The van der Waals surface area contributed by atoms with E-state index in [1.807, 2.05) is 0 Å². The van der Waals surface area contributed by atoms with Gasteiger partial charge in [-0.05, 0) is 0 Å². The Bertz CT molecular complexity index is 298. The van der Waals surface area contributed by atoms with Gasteiger partial charge in [0.05, 0.1) is 0 Å². The Hall–Kier alpha value is -1.53. The molecular weight excluding hydrogens is 196 g/mol. The number of rotatable bonds is 2. The molecule has 1 rings (SSSR count). The highest BCUT2D eigenvalue weighted by atomic mass is 19.2. The van der Waals surface area contributed by atoms with Crippen LogP contribution < -0.4 is 0 Å². The molecule has 0 aromatic carbocycles. The van der Waals surface area contributed by atoms with E-state index in [-0.39, 0.29) is 6.26 Å². The number of ether oxygens (including phenoxy) is 2. The fourth-order valence-electron chi connectivity index (χ4n) is 0.589. The van der Waals surface area contributed by atoms with Crippen molar-refractivity contribution in [3.8, 4) is 0 Å². The minimum absolute atomic E-state index is 0.0598. The summed E-state index contributed by atoms with van der Waals surface area (Å²) in [7, 11) is 0. The molecule has 7 heteroatoms. The van der Waals surface area contributed by atoms with Crippen molar-refractivity contribution >= 4 is 6.47 Å². The highest BCUT2D eigenvalue weighted by Crippen LogP contribution is 2.36. The highest BCUT2D eigenvalue weighted by molar-refractivity contribution is 5.41. The molecule has 0 spiro atoms. The summed E-state index contributed by atoms with van der Waals surface area (Å²) in [4.78, 5) is 9.52. The summed E-state index contributed by atoms with van der Waals surface area (Å²) >= 11 is 0. The summed E-state index contributed by atoms with van der Waals surface area (Å²) in [6, 6.07) is -3.76. The van der Waals surface area contributed by atoms with Gasteiger partial charge in [0.1, 0.15) is 6.26 Å². The summed E-state index contributed by atoms with van der Waals surface area (Å²) in [5.74, 6) is -6.17. The molecule has 1 unspecified atom stereocenters. The molecule has 0 aliphatic carbocycles. The lowest BCUT2D eigenvalue weighted by Crippen LogP contribution is -2.32. The van der Waals surface area contributed by atoms with Gasteiger partial charge in [-0.25, -0.2) is 13.6 Å². The third-order valence-electron chi connectivity index (χ3n) is 1.15. The minimum atomic E-state index is -3.76. The maximum atomic E-state index is 12.8. The van der Waals surface area contributed by atoms with Crippen molar-refractivity contribution in [1.82, 2.24) is 0 Å². The quantitative estimate of drug-likeness (QED) is 0.631. The number of alkyl halides is 1. The molecule has 1 heterocycles. The fraction of sp³-hybridized carbons (Fsp3) is 0.167. The van der Waals surface area contributed by atoms with Gasteiger partial charge < -0.3 is 9.47 Å². The smallest absolute Gasteiger partial charge is 0.426 e. The standard InChI is InChI=1S/C6HF4O3/c7-3-1-12-6(10,13-2-11)5(9)4(3)8/h1H. The van der Waals surface area contributed by atoms with Crippen LogP contribution in [0.2, 0.25) is 0 Å². The van der Waals surface area contributed by atoms with Crippen LogP contribution in [-0.4, -0.2) is 12.5 Å². The van der Waals surface area contributed by atoms with E-state index in [4.69, 9.17) is 0 Å². The van der Waals surface area contributed by atoms with Gasteiger partial charge >= 0.3 is 12.5 Å². The molecule has 71 valence electrons. The number of hydrogen-bond acceptors (Lipinski definition) is 3. The lowest BCUT2D eigenvalue weighted by atomic mass is 10.3. The summed E-state index contributed by atoms with van der Waals surface area (Å²) in [6.07, 6.45) is -0.0598. The highest BCUT2D eigenvalue weighted by Gasteiger charge is 2.47. The van der Waals surface area contributed by atoms with Gasteiger partial charge in [-0.15, -0.1) is 4.39 Å². The van der Waals surface area contributed by atoms with Crippen LogP contribution in [0.15, 0.2) is 23.7 Å². The Morgan fingerprint density at radius 3 is 2.62 bits per heavy atom. The summed E-state index contributed by atoms with van der Waals surface area (Å²) in [6.45, 7) is 0.501. The number of carbonyl (C=O) groups excluding carboxylic acids is 1. The van der Waals surface area contributed by atoms with E-state index in [1.165, 1.54) is 0 Å². The largest absolute Gasteiger partial charge is 0.470 e. The molecule has 3 nitrogen and oxygen atoms in total. The van der Waals surface area contributed by atoms with E-state index in [0.717, 1.165) is 0 Å². The van der Waals surface area contributed by atoms with Gasteiger partial charge in [-0.3, -0.25) is 0 Å². The van der Waals surface area contributed by atoms with Crippen LogP contribution >= 0.6 is 0 Å². The molecular formula is C6HF4O3. The van der Waals surface area contributed by atoms with Gasteiger partial charge in [-0.2, -0.15) is 4.39 Å². The third-order valence-corrected chi connectivity index (χ3v) is 1.15. The van der Waals surface area contributed by atoms with Gasteiger partial charge in [0.15, 0.2) is 5.83 Å². The van der Waals surface area contributed by atoms with E-state index >= 15 is 0 Å². The molecule has 1 aliphatic rings. The van der Waals surface area contributed by atoms with Crippen molar-refractivity contribution in [3.63, 3.8) is 0 Å². The van der Waals surface area contributed by atoms with E-state index < -0.39 is 23.5 Å². The molecule has 0 aromatic rings. The number of hydrogen-bond donors (Lipinski definition) is 0. The van der Waals surface area contributed by atoms with E-state index in [9.17, 15) is 22.4 Å². The predicted molar refractivity (Wildman–Crippen MR) is 30.1 cm³/mol. The summed E-state index contributed by atoms with van der Waals surface area (Å²) in [5, 5.41) is 0. The minimum Gasteiger partial charge on any atom is -0.426 e. The Kier molecular flexibility index (Phi) is 2.26. The third kappa shape index (κ3) is 1.49. The second-order valence-electron chi connectivity index (χ2n) is 1.93. The zero-order valence-electron chi connectivity index (χ0n) is 5.81. The average Bonchev–Trinajstić information content (AvgIpc) is 2.10. The van der Waals surface area contributed by atoms with Crippen molar-refractivity contribution in [2.45, 2.75) is 6.04 Å². The first-order chi connectivity index (χ1) is 6.01. The molecule has 0 bridgehead atoms. The number of halogens is 4. The van der Waals surface area contributed by atoms with Gasteiger partial charge in [-0.1, -0.05) is 0 Å². The molecule has 13 heavy (non-hydrogen) atoms. The molecule has 0 saturated carbocycles. The molecule has 0 fully saturated rings. The molecule has 0 saturated heterocycles. The zero-order valence-corrected chi connectivity index (χ0v) is 5.81. The predicted octanol–water partition coefficient (Wildman–Crippen LogP) is 1.69. The molecule has 0 amide bonds. The Morgan fingerprint density at radius 2 is 2.08 bits per heavy atom. The van der Waals surface area contributed by atoms with Crippen LogP contribution in [-0.2, 0) is 14.3 Å². The van der Waals surface area contributed by atoms with Crippen LogP contribution in [0.25, 0.3) is 0 Å². The maximum absolute atomic E-state index is 12.8. The van der Waals surface area contributed by atoms with Crippen LogP contribution in [0.4, 0.5) is 17.6 Å². The normalized spacial score (nSPS) is 27.8. The van der Waals surface area contributed by atoms with Crippen molar-refractivity contribution in [2.24, 2.45) is 0 Å². The lowest BCUT2D eigenvalue weighted by molar-refractivity contribution is -0.237.